The molecule has 0 spiro atoms. The molecule has 116 valence electrons. The zero-order valence-corrected chi connectivity index (χ0v) is 13.5. The highest BCUT2D eigenvalue weighted by molar-refractivity contribution is 5.74. The molecule has 1 heteroatoms. The predicted molar refractivity (Wildman–Crippen MR) is 89.7 cm³/mol. The molecule has 21 heavy (non-hydrogen) atoms. The van der Waals surface area contributed by atoms with Crippen LogP contribution in [0.3, 0.4) is 0 Å². The van der Waals surface area contributed by atoms with Crippen molar-refractivity contribution in [2.45, 2.75) is 71.1 Å². The summed E-state index contributed by atoms with van der Waals surface area (Å²) >= 11 is 0. The topological polar surface area (TPSA) is 17.1 Å². The second-order valence-corrected chi connectivity index (χ2v) is 6.78. The average Bonchev–Trinajstić information content (AvgIpc) is 2.55. The van der Waals surface area contributed by atoms with E-state index < -0.39 is 0 Å². The summed E-state index contributed by atoms with van der Waals surface area (Å²) in [6, 6.07) is 8.10. The van der Waals surface area contributed by atoms with Crippen molar-refractivity contribution in [3.8, 4) is 0 Å². The van der Waals surface area contributed by atoms with Crippen LogP contribution in [0.1, 0.15) is 80.6 Å². The second-order valence-electron chi connectivity index (χ2n) is 6.78. The van der Waals surface area contributed by atoms with E-state index in [9.17, 15) is 4.79 Å². The number of aryl methyl sites for hydroxylation is 1. The van der Waals surface area contributed by atoms with Gasteiger partial charge in [0.05, 0.1) is 0 Å². The van der Waals surface area contributed by atoms with E-state index in [1.54, 1.807) is 0 Å². The average molecular weight is 286 g/mol. The maximum absolute atomic E-state index is 10.6. The zero-order valence-electron chi connectivity index (χ0n) is 13.5. The van der Waals surface area contributed by atoms with Gasteiger partial charge in [-0.2, -0.15) is 0 Å². The molecule has 0 saturated heterocycles. The predicted octanol–water partition coefficient (Wildman–Crippen LogP) is 5.82. The highest BCUT2D eigenvalue weighted by atomic mass is 16.1. The second kappa shape index (κ2) is 9.02. The SMILES string of the molecule is CCCCCC1CCC(CCc2ccc(C=O)cc2)CC1. The first-order valence-electron chi connectivity index (χ1n) is 8.86. The van der Waals surface area contributed by atoms with Crippen LogP contribution in [0, 0.1) is 11.8 Å². The molecule has 0 N–H and O–H groups in total. The van der Waals surface area contributed by atoms with E-state index in [1.807, 2.05) is 12.1 Å². The molecule has 1 saturated carbocycles. The quantitative estimate of drug-likeness (QED) is 0.435. The number of hydrogen-bond acceptors (Lipinski definition) is 1. The Balaban J connectivity index is 1.65. The van der Waals surface area contributed by atoms with Crippen molar-refractivity contribution in [2.75, 3.05) is 0 Å². The molecule has 1 nitrogen and oxygen atoms in total. The first-order chi connectivity index (χ1) is 10.3. The minimum absolute atomic E-state index is 0.784. The Kier molecular flexibility index (Phi) is 6.99. The van der Waals surface area contributed by atoms with E-state index in [-0.39, 0.29) is 0 Å². The Hall–Kier alpha value is -1.11. The normalized spacial score (nSPS) is 22.1. The summed E-state index contributed by atoms with van der Waals surface area (Å²) in [5.41, 5.74) is 2.16. The van der Waals surface area contributed by atoms with E-state index in [0.29, 0.717) is 0 Å². The standard InChI is InChI=1S/C20H30O/c1-2-3-4-5-17-6-8-18(9-7-17)10-11-19-12-14-20(16-21)15-13-19/h12-18H,2-11H2,1H3. The van der Waals surface area contributed by atoms with E-state index in [1.165, 1.54) is 69.8 Å². The number of carbonyl (C=O) groups excluding carboxylic acids is 1. The van der Waals surface area contributed by atoms with Crippen molar-refractivity contribution in [1.82, 2.24) is 0 Å². The monoisotopic (exact) mass is 286 g/mol. The molecular weight excluding hydrogens is 256 g/mol. The van der Waals surface area contributed by atoms with Crippen LogP contribution < -0.4 is 0 Å². The molecule has 0 amide bonds. The summed E-state index contributed by atoms with van der Waals surface area (Å²) in [6.07, 6.45) is 14.9. The van der Waals surface area contributed by atoms with Gasteiger partial charge < -0.3 is 0 Å². The number of hydrogen-bond donors (Lipinski definition) is 0. The van der Waals surface area contributed by atoms with Gasteiger partial charge in [0.25, 0.3) is 0 Å². The van der Waals surface area contributed by atoms with Crippen LogP contribution in [0.15, 0.2) is 24.3 Å². The maximum Gasteiger partial charge on any atom is 0.150 e. The Bertz CT molecular complexity index is 398. The molecule has 0 radical (unpaired) electrons. The molecule has 1 aromatic rings. The fourth-order valence-corrected chi connectivity index (χ4v) is 3.63. The van der Waals surface area contributed by atoms with Crippen molar-refractivity contribution >= 4 is 6.29 Å². The highest BCUT2D eigenvalue weighted by Gasteiger charge is 2.20. The molecule has 1 aliphatic carbocycles. The Labute approximate surface area is 130 Å². The molecule has 1 aromatic carbocycles. The van der Waals surface area contributed by atoms with Crippen molar-refractivity contribution in [1.29, 1.82) is 0 Å². The maximum atomic E-state index is 10.6. The summed E-state index contributed by atoms with van der Waals surface area (Å²) in [5, 5.41) is 0. The molecule has 0 atom stereocenters. The summed E-state index contributed by atoms with van der Waals surface area (Å²) in [7, 11) is 0. The van der Waals surface area contributed by atoms with E-state index in [0.717, 1.165) is 23.7 Å². The van der Waals surface area contributed by atoms with Crippen molar-refractivity contribution in [3.63, 3.8) is 0 Å². The number of aldehydes is 1. The highest BCUT2D eigenvalue weighted by Crippen LogP contribution is 2.34. The lowest BCUT2D eigenvalue weighted by Crippen LogP contribution is -2.15. The number of benzene rings is 1. The Morgan fingerprint density at radius 1 is 0.952 bits per heavy atom. The molecule has 0 bridgehead atoms. The van der Waals surface area contributed by atoms with Crippen LogP contribution in [0.5, 0.6) is 0 Å². The molecule has 0 heterocycles. The smallest absolute Gasteiger partial charge is 0.150 e. The van der Waals surface area contributed by atoms with Gasteiger partial charge in [0, 0.05) is 5.56 Å². The first-order valence-corrected chi connectivity index (χ1v) is 8.86. The molecule has 0 aromatic heterocycles. The number of carbonyl (C=O) groups is 1. The third kappa shape index (κ3) is 5.65. The number of rotatable bonds is 8. The Morgan fingerprint density at radius 2 is 1.57 bits per heavy atom. The molecule has 0 unspecified atom stereocenters. The minimum atomic E-state index is 0.784. The lowest BCUT2D eigenvalue weighted by atomic mass is 9.78. The van der Waals surface area contributed by atoms with Crippen LogP contribution in [0.25, 0.3) is 0 Å². The fraction of sp³-hybridized carbons (Fsp3) is 0.650. The summed E-state index contributed by atoms with van der Waals surface area (Å²) in [5.74, 6) is 1.94. The van der Waals surface area contributed by atoms with Gasteiger partial charge in [-0.1, -0.05) is 82.6 Å². The lowest BCUT2D eigenvalue weighted by molar-refractivity contribution is 0.112. The van der Waals surface area contributed by atoms with Gasteiger partial charge in [0.2, 0.25) is 0 Å². The van der Waals surface area contributed by atoms with Crippen molar-refractivity contribution in [3.05, 3.63) is 35.4 Å². The summed E-state index contributed by atoms with van der Waals surface area (Å²) in [4.78, 5) is 10.6. The van der Waals surface area contributed by atoms with Gasteiger partial charge >= 0.3 is 0 Å². The molecule has 2 rings (SSSR count). The van der Waals surface area contributed by atoms with Crippen LogP contribution in [-0.4, -0.2) is 6.29 Å². The molecule has 1 fully saturated rings. The van der Waals surface area contributed by atoms with Gasteiger partial charge in [-0.05, 0) is 30.2 Å². The van der Waals surface area contributed by atoms with Crippen LogP contribution in [0.4, 0.5) is 0 Å². The van der Waals surface area contributed by atoms with Gasteiger partial charge in [-0.15, -0.1) is 0 Å². The molecular formula is C20H30O. The van der Waals surface area contributed by atoms with Gasteiger partial charge in [-0.25, -0.2) is 0 Å². The largest absolute Gasteiger partial charge is 0.298 e. The van der Waals surface area contributed by atoms with Crippen LogP contribution in [0.2, 0.25) is 0 Å². The molecule has 0 aliphatic heterocycles. The third-order valence-corrected chi connectivity index (χ3v) is 5.14. The lowest BCUT2D eigenvalue weighted by Gasteiger charge is -2.28. The number of unbranched alkanes of at least 4 members (excludes halogenated alkanes) is 2. The van der Waals surface area contributed by atoms with Crippen LogP contribution in [-0.2, 0) is 6.42 Å². The van der Waals surface area contributed by atoms with Crippen molar-refractivity contribution < 1.29 is 4.79 Å². The van der Waals surface area contributed by atoms with Gasteiger partial charge in [0.15, 0.2) is 0 Å². The first kappa shape index (κ1) is 16.3. The van der Waals surface area contributed by atoms with E-state index in [2.05, 4.69) is 19.1 Å². The van der Waals surface area contributed by atoms with E-state index in [4.69, 9.17) is 0 Å². The summed E-state index contributed by atoms with van der Waals surface area (Å²) in [6.45, 7) is 2.29. The third-order valence-electron chi connectivity index (χ3n) is 5.14. The zero-order chi connectivity index (χ0) is 14.9. The van der Waals surface area contributed by atoms with Gasteiger partial charge in [0.1, 0.15) is 6.29 Å². The minimum Gasteiger partial charge on any atom is -0.298 e. The fourth-order valence-electron chi connectivity index (χ4n) is 3.63. The van der Waals surface area contributed by atoms with E-state index >= 15 is 0 Å². The van der Waals surface area contributed by atoms with Gasteiger partial charge in [-0.3, -0.25) is 4.79 Å². The Morgan fingerprint density at radius 3 is 2.14 bits per heavy atom. The van der Waals surface area contributed by atoms with Crippen molar-refractivity contribution in [2.24, 2.45) is 11.8 Å². The molecule has 1 aliphatic rings. The summed E-state index contributed by atoms with van der Waals surface area (Å²) < 4.78 is 0. The van der Waals surface area contributed by atoms with Crippen LogP contribution >= 0.6 is 0 Å².